The summed E-state index contributed by atoms with van der Waals surface area (Å²) >= 11 is 0. The van der Waals surface area contributed by atoms with Gasteiger partial charge in [-0.1, -0.05) is 0 Å². The molecule has 0 spiro atoms. The number of nitrogens with zero attached hydrogens (tertiary/aromatic N) is 2. The first-order chi connectivity index (χ1) is 10.4. The summed E-state index contributed by atoms with van der Waals surface area (Å²) in [5.74, 6) is 1.25. The fraction of sp³-hybridized carbons (Fsp3) is 0.462. The normalized spacial score (nSPS) is 18.3. The van der Waals surface area contributed by atoms with Crippen molar-refractivity contribution in [3.8, 4) is 11.5 Å². The Balaban J connectivity index is 1.59. The molecule has 0 aliphatic carbocycles. The lowest BCUT2D eigenvalue weighted by atomic mass is 10.3. The first kappa shape index (κ1) is 14.9. The van der Waals surface area contributed by atoms with E-state index in [2.05, 4.69) is 5.32 Å². The lowest BCUT2D eigenvalue weighted by Crippen LogP contribution is -2.51. The molecule has 1 N–H and O–H groups in total. The van der Waals surface area contributed by atoms with Gasteiger partial charge in [0.25, 0.3) is 0 Å². The zero-order chi connectivity index (χ0) is 15.7. The van der Waals surface area contributed by atoms with Gasteiger partial charge in [0.05, 0.1) is 6.26 Å². The quantitative estimate of drug-likeness (QED) is 0.856. The van der Waals surface area contributed by atoms with Crippen molar-refractivity contribution in [1.29, 1.82) is 0 Å². The summed E-state index contributed by atoms with van der Waals surface area (Å²) in [6.07, 6.45) is 1.18. The molecule has 0 atom stereocenters. The van der Waals surface area contributed by atoms with E-state index in [-0.39, 0.29) is 12.8 Å². The highest BCUT2D eigenvalue weighted by Gasteiger charge is 2.26. The van der Waals surface area contributed by atoms with Gasteiger partial charge in [-0.2, -0.15) is 4.31 Å². The van der Waals surface area contributed by atoms with Gasteiger partial charge in [-0.15, -0.1) is 0 Å². The van der Waals surface area contributed by atoms with Crippen LogP contribution < -0.4 is 14.8 Å². The summed E-state index contributed by atoms with van der Waals surface area (Å²) in [5, 5.41) is 2.78. The number of carbonyl (C=O) groups excluding carboxylic acids is 1. The van der Waals surface area contributed by atoms with Gasteiger partial charge in [-0.25, -0.2) is 13.2 Å². The second kappa shape index (κ2) is 5.65. The highest BCUT2D eigenvalue weighted by Crippen LogP contribution is 2.34. The van der Waals surface area contributed by atoms with Crippen LogP contribution in [0.1, 0.15) is 0 Å². The summed E-state index contributed by atoms with van der Waals surface area (Å²) in [7, 11) is -3.20. The number of nitrogens with one attached hydrogen (secondary N) is 1. The predicted molar refractivity (Wildman–Crippen MR) is 79.6 cm³/mol. The average molecular weight is 327 g/mol. The van der Waals surface area contributed by atoms with E-state index in [1.54, 1.807) is 23.1 Å². The number of ether oxygens (including phenoxy) is 2. The minimum absolute atomic E-state index is 0.181. The van der Waals surface area contributed by atoms with Crippen LogP contribution in [0.15, 0.2) is 18.2 Å². The Morgan fingerprint density at radius 1 is 1.14 bits per heavy atom. The Morgan fingerprint density at radius 2 is 1.82 bits per heavy atom. The van der Waals surface area contributed by atoms with Crippen molar-refractivity contribution in [2.45, 2.75) is 0 Å². The van der Waals surface area contributed by atoms with Crippen LogP contribution in [0.25, 0.3) is 0 Å². The van der Waals surface area contributed by atoms with Gasteiger partial charge in [0.15, 0.2) is 11.5 Å². The standard InChI is InChI=1S/C13H17N3O5S/c1-22(18,19)16-6-4-15(5-7-16)13(17)14-10-2-3-11-12(8-10)21-9-20-11/h2-3,8H,4-7,9H2,1H3,(H,14,17). The van der Waals surface area contributed by atoms with Gasteiger partial charge >= 0.3 is 6.03 Å². The fourth-order valence-electron chi connectivity index (χ4n) is 2.40. The van der Waals surface area contributed by atoms with Crippen LogP contribution in [0, 0.1) is 0 Å². The van der Waals surface area contributed by atoms with Gasteiger partial charge in [0.1, 0.15) is 0 Å². The van der Waals surface area contributed by atoms with E-state index < -0.39 is 10.0 Å². The maximum absolute atomic E-state index is 12.2. The number of carbonyl (C=O) groups is 1. The number of anilines is 1. The van der Waals surface area contributed by atoms with Crippen molar-refractivity contribution < 1.29 is 22.7 Å². The first-order valence-corrected chi connectivity index (χ1v) is 8.69. The minimum Gasteiger partial charge on any atom is -0.454 e. The molecule has 2 heterocycles. The molecule has 9 heteroatoms. The van der Waals surface area contributed by atoms with Crippen molar-refractivity contribution in [1.82, 2.24) is 9.21 Å². The van der Waals surface area contributed by atoms with Gasteiger partial charge in [0, 0.05) is 37.9 Å². The Labute approximate surface area is 128 Å². The number of benzene rings is 1. The maximum atomic E-state index is 12.2. The molecule has 1 saturated heterocycles. The second-order valence-electron chi connectivity index (χ2n) is 5.15. The molecule has 0 saturated carbocycles. The third kappa shape index (κ3) is 3.09. The highest BCUT2D eigenvalue weighted by molar-refractivity contribution is 7.88. The molecule has 2 aliphatic heterocycles. The number of hydrogen-bond donors (Lipinski definition) is 1. The molecule has 0 bridgehead atoms. The third-order valence-electron chi connectivity index (χ3n) is 3.62. The molecule has 1 aromatic rings. The summed E-state index contributed by atoms with van der Waals surface area (Å²) in [6, 6.07) is 4.91. The van der Waals surface area contributed by atoms with E-state index in [4.69, 9.17) is 9.47 Å². The summed E-state index contributed by atoms with van der Waals surface area (Å²) < 4.78 is 34.7. The number of hydrogen-bond acceptors (Lipinski definition) is 5. The number of amides is 2. The van der Waals surface area contributed by atoms with Crippen molar-refractivity contribution in [2.75, 3.05) is 44.5 Å². The number of urea groups is 1. The molecular weight excluding hydrogens is 310 g/mol. The van der Waals surface area contributed by atoms with Crippen LogP contribution in [0.3, 0.4) is 0 Å². The number of rotatable bonds is 2. The molecule has 2 amide bonds. The molecule has 0 aromatic heterocycles. The summed E-state index contributed by atoms with van der Waals surface area (Å²) in [5.41, 5.74) is 0.611. The summed E-state index contributed by atoms with van der Waals surface area (Å²) in [6.45, 7) is 1.54. The molecule has 120 valence electrons. The van der Waals surface area contributed by atoms with Gasteiger partial charge in [-0.05, 0) is 12.1 Å². The molecule has 0 unspecified atom stereocenters. The van der Waals surface area contributed by atoms with Gasteiger partial charge in [0.2, 0.25) is 16.8 Å². The second-order valence-corrected chi connectivity index (χ2v) is 7.13. The van der Waals surface area contributed by atoms with Crippen LogP contribution in [0.4, 0.5) is 10.5 Å². The molecule has 2 aliphatic rings. The van der Waals surface area contributed by atoms with E-state index in [0.717, 1.165) is 0 Å². The van der Waals surface area contributed by atoms with Crippen molar-refractivity contribution in [2.24, 2.45) is 0 Å². The zero-order valence-electron chi connectivity index (χ0n) is 12.1. The summed E-state index contributed by atoms with van der Waals surface area (Å²) in [4.78, 5) is 13.8. The molecule has 0 radical (unpaired) electrons. The Morgan fingerprint density at radius 3 is 2.50 bits per heavy atom. The molecule has 1 aromatic carbocycles. The largest absolute Gasteiger partial charge is 0.454 e. The van der Waals surface area contributed by atoms with Crippen LogP contribution in [-0.2, 0) is 10.0 Å². The van der Waals surface area contributed by atoms with E-state index in [1.165, 1.54) is 10.6 Å². The minimum atomic E-state index is -3.20. The van der Waals surface area contributed by atoms with Crippen LogP contribution >= 0.6 is 0 Å². The van der Waals surface area contributed by atoms with Crippen molar-refractivity contribution >= 4 is 21.7 Å². The first-order valence-electron chi connectivity index (χ1n) is 6.84. The van der Waals surface area contributed by atoms with E-state index in [1.807, 2.05) is 0 Å². The maximum Gasteiger partial charge on any atom is 0.321 e. The van der Waals surface area contributed by atoms with Crippen LogP contribution in [-0.4, -0.2) is 62.9 Å². The smallest absolute Gasteiger partial charge is 0.321 e. The zero-order valence-corrected chi connectivity index (χ0v) is 12.9. The van der Waals surface area contributed by atoms with Crippen LogP contribution in [0.5, 0.6) is 11.5 Å². The predicted octanol–water partition coefficient (Wildman–Crippen LogP) is 0.524. The van der Waals surface area contributed by atoms with Crippen molar-refractivity contribution in [3.05, 3.63) is 18.2 Å². The molecule has 1 fully saturated rings. The fourth-order valence-corrected chi connectivity index (χ4v) is 3.23. The third-order valence-corrected chi connectivity index (χ3v) is 4.92. The molecule has 22 heavy (non-hydrogen) atoms. The topological polar surface area (TPSA) is 88.2 Å². The highest BCUT2D eigenvalue weighted by atomic mass is 32.2. The number of sulfonamides is 1. The molecule has 3 rings (SSSR count). The lowest BCUT2D eigenvalue weighted by molar-refractivity contribution is 0.174. The van der Waals surface area contributed by atoms with Gasteiger partial charge < -0.3 is 19.7 Å². The van der Waals surface area contributed by atoms with E-state index in [9.17, 15) is 13.2 Å². The Hall–Kier alpha value is -2.00. The van der Waals surface area contributed by atoms with E-state index in [0.29, 0.717) is 43.4 Å². The lowest BCUT2D eigenvalue weighted by Gasteiger charge is -2.33. The number of fused-ring (bicyclic) bond motifs is 1. The van der Waals surface area contributed by atoms with Gasteiger partial charge in [-0.3, -0.25) is 0 Å². The molecular formula is C13H17N3O5S. The van der Waals surface area contributed by atoms with E-state index >= 15 is 0 Å². The number of piperazine rings is 1. The van der Waals surface area contributed by atoms with Crippen molar-refractivity contribution in [3.63, 3.8) is 0 Å². The van der Waals surface area contributed by atoms with Crippen LogP contribution in [0.2, 0.25) is 0 Å². The Kier molecular flexibility index (Phi) is 3.83. The average Bonchev–Trinajstić information content (AvgIpc) is 2.94. The monoisotopic (exact) mass is 327 g/mol. The molecule has 8 nitrogen and oxygen atoms in total. The Bertz CT molecular complexity index is 683. The SMILES string of the molecule is CS(=O)(=O)N1CCN(C(=O)Nc2ccc3c(c2)OCO3)CC1.